The fourth-order valence-corrected chi connectivity index (χ4v) is 6.47. The van der Waals surface area contributed by atoms with Gasteiger partial charge in [0.05, 0.1) is 12.8 Å². The van der Waals surface area contributed by atoms with Crippen molar-refractivity contribution in [3.63, 3.8) is 0 Å². The van der Waals surface area contributed by atoms with Crippen molar-refractivity contribution < 1.29 is 29.1 Å². The molecule has 0 heterocycles. The molecule has 0 fully saturated rings. The Labute approximate surface area is 292 Å². The quantitative estimate of drug-likeness (QED) is 0.0300. The summed E-state index contributed by atoms with van der Waals surface area (Å²) in [6, 6.07) is 0. The minimum atomic E-state index is -1.03. The maximum absolute atomic E-state index is 12.1. The third-order valence-electron chi connectivity index (χ3n) is 7.54. The molecule has 0 aliphatic rings. The summed E-state index contributed by atoms with van der Waals surface area (Å²) in [5.41, 5.74) is -2.07. The summed E-state index contributed by atoms with van der Waals surface area (Å²) in [6.45, 7) is 11.4. The van der Waals surface area contributed by atoms with Crippen LogP contribution < -0.4 is 0 Å². The first-order valence-corrected chi connectivity index (χ1v) is 20.9. The molecule has 0 atom stereocenters. The molecule has 8 heteroatoms. The van der Waals surface area contributed by atoms with Gasteiger partial charge < -0.3 is 0 Å². The maximum atomic E-state index is 12.1. The van der Waals surface area contributed by atoms with Crippen LogP contribution in [0.2, 0.25) is 0 Å². The first-order chi connectivity index (χ1) is 22.1. The monoisotopic (exact) mass is 686 g/mol. The predicted molar refractivity (Wildman–Crippen MR) is 198 cm³/mol. The minimum Gasteiger partial charge on any atom is -0.297 e. The van der Waals surface area contributed by atoms with E-state index in [1.54, 1.807) is 51.2 Å². The van der Waals surface area contributed by atoms with Crippen LogP contribution in [0.1, 0.15) is 183 Å². The summed E-state index contributed by atoms with van der Waals surface area (Å²) >= 11 is 3.57. The number of hydrogen-bond donors (Lipinski definition) is 0. The lowest BCUT2D eigenvalue weighted by molar-refractivity contribution is -0.312. The van der Waals surface area contributed by atoms with Gasteiger partial charge in [-0.1, -0.05) is 141 Å². The molecule has 270 valence electrons. The Morgan fingerprint density at radius 3 is 1.04 bits per heavy atom. The van der Waals surface area contributed by atoms with Gasteiger partial charge >= 0.3 is 11.9 Å². The molecule has 0 spiro atoms. The van der Waals surface area contributed by atoms with E-state index < -0.39 is 23.1 Å². The van der Waals surface area contributed by atoms with E-state index in [1.807, 2.05) is 0 Å². The standard InChI is InChI=1S/C38H70O6S2/c1-7-9-11-13-15-17-19-21-23-25-31-45-33-27-35(39)41-43-37(3,4)29-30-38(5,6)44-42-36(40)28-34-46-32-26-24-22-20-18-16-14-12-10-8-2/h7-28,31-34H2,1-6H3. The smallest absolute Gasteiger partial charge is 0.297 e. The molecule has 6 nitrogen and oxygen atoms in total. The molecule has 0 aliphatic carbocycles. The van der Waals surface area contributed by atoms with Gasteiger partial charge in [0.1, 0.15) is 0 Å². The van der Waals surface area contributed by atoms with Gasteiger partial charge in [-0.25, -0.2) is 9.59 Å². The Morgan fingerprint density at radius 1 is 0.457 bits per heavy atom. The SMILES string of the molecule is CCCCCCCCCCCCSCCC(=O)OOC(C)(C)C#CC(C)(C)OOC(=O)CCSCCCCCCCCCCCC. The Bertz CT molecular complexity index is 728. The van der Waals surface area contributed by atoms with Crippen LogP contribution in [0, 0.1) is 11.8 Å². The van der Waals surface area contributed by atoms with Crippen molar-refractivity contribution in [2.45, 2.75) is 194 Å². The van der Waals surface area contributed by atoms with Crippen LogP contribution >= 0.6 is 23.5 Å². The van der Waals surface area contributed by atoms with Crippen LogP contribution in [0.25, 0.3) is 0 Å². The molecular formula is C38H70O6S2. The van der Waals surface area contributed by atoms with Gasteiger partial charge in [-0.05, 0) is 52.0 Å². The lowest BCUT2D eigenvalue weighted by Crippen LogP contribution is -2.28. The average Bonchev–Trinajstić information content (AvgIpc) is 3.03. The number of rotatable bonds is 32. The molecule has 46 heavy (non-hydrogen) atoms. The molecule has 0 aromatic carbocycles. The second-order valence-electron chi connectivity index (χ2n) is 13.4. The molecule has 0 rings (SSSR count). The van der Waals surface area contributed by atoms with E-state index in [9.17, 15) is 9.59 Å². The predicted octanol–water partition coefficient (Wildman–Crippen LogP) is 11.6. The van der Waals surface area contributed by atoms with Crippen LogP contribution in [-0.2, 0) is 29.1 Å². The summed E-state index contributed by atoms with van der Waals surface area (Å²) in [7, 11) is 0. The van der Waals surface area contributed by atoms with E-state index in [-0.39, 0.29) is 0 Å². The average molecular weight is 687 g/mol. The number of carbonyl (C=O) groups is 2. The third-order valence-corrected chi connectivity index (χ3v) is 9.68. The van der Waals surface area contributed by atoms with Gasteiger partial charge in [0.2, 0.25) is 0 Å². The topological polar surface area (TPSA) is 71.1 Å². The highest BCUT2D eigenvalue weighted by Gasteiger charge is 2.24. The van der Waals surface area contributed by atoms with E-state index in [2.05, 4.69) is 25.7 Å². The molecule has 0 N–H and O–H groups in total. The molecule has 0 radical (unpaired) electrons. The van der Waals surface area contributed by atoms with Gasteiger partial charge in [0, 0.05) is 11.5 Å². The summed E-state index contributed by atoms with van der Waals surface area (Å²) in [5.74, 6) is 8.60. The van der Waals surface area contributed by atoms with Gasteiger partial charge in [-0.3, -0.25) is 9.78 Å². The van der Waals surface area contributed by atoms with Crippen LogP contribution in [0.15, 0.2) is 0 Å². The highest BCUT2D eigenvalue weighted by molar-refractivity contribution is 7.99. The van der Waals surface area contributed by atoms with E-state index >= 15 is 0 Å². The van der Waals surface area contributed by atoms with Crippen molar-refractivity contribution in [3.8, 4) is 11.8 Å². The van der Waals surface area contributed by atoms with Crippen molar-refractivity contribution >= 4 is 35.5 Å². The highest BCUT2D eigenvalue weighted by atomic mass is 32.2. The summed E-state index contributed by atoms with van der Waals surface area (Å²) in [5, 5.41) is 0. The van der Waals surface area contributed by atoms with Crippen LogP contribution in [-0.4, -0.2) is 46.2 Å². The Morgan fingerprint density at radius 2 is 0.739 bits per heavy atom. The second-order valence-corrected chi connectivity index (χ2v) is 15.9. The van der Waals surface area contributed by atoms with Crippen molar-refractivity contribution in [2.24, 2.45) is 0 Å². The zero-order valence-electron chi connectivity index (χ0n) is 30.7. The molecular weight excluding hydrogens is 617 g/mol. The normalized spacial score (nSPS) is 11.7. The lowest BCUT2D eigenvalue weighted by Gasteiger charge is -2.19. The lowest BCUT2D eigenvalue weighted by atomic mass is 10.1. The van der Waals surface area contributed by atoms with Crippen LogP contribution in [0.4, 0.5) is 0 Å². The van der Waals surface area contributed by atoms with E-state index in [1.165, 1.54) is 128 Å². The molecule has 0 aromatic heterocycles. The second kappa shape index (κ2) is 31.4. The fourth-order valence-electron chi connectivity index (χ4n) is 4.63. The van der Waals surface area contributed by atoms with Crippen molar-refractivity contribution in [3.05, 3.63) is 0 Å². The van der Waals surface area contributed by atoms with Crippen molar-refractivity contribution in [1.29, 1.82) is 0 Å². The largest absolute Gasteiger partial charge is 0.343 e. The van der Waals surface area contributed by atoms with Crippen molar-refractivity contribution in [2.75, 3.05) is 23.0 Å². The van der Waals surface area contributed by atoms with Gasteiger partial charge in [0.15, 0.2) is 11.2 Å². The number of carbonyl (C=O) groups excluding carboxylic acids is 2. The molecule has 0 unspecified atom stereocenters. The first-order valence-electron chi connectivity index (χ1n) is 18.6. The van der Waals surface area contributed by atoms with Crippen LogP contribution in [0.3, 0.4) is 0 Å². The summed E-state index contributed by atoms with van der Waals surface area (Å²) in [4.78, 5) is 44.9. The molecule has 0 aromatic rings. The van der Waals surface area contributed by atoms with Gasteiger partial charge in [0.25, 0.3) is 0 Å². The summed E-state index contributed by atoms with van der Waals surface area (Å²) < 4.78 is 0. The summed E-state index contributed by atoms with van der Waals surface area (Å²) in [6.07, 6.45) is 27.2. The molecule has 0 aliphatic heterocycles. The molecule has 0 saturated carbocycles. The van der Waals surface area contributed by atoms with E-state index in [0.717, 1.165) is 23.0 Å². The Hall–Kier alpha value is -0.880. The Balaban J connectivity index is 3.86. The van der Waals surface area contributed by atoms with E-state index in [0.29, 0.717) is 12.8 Å². The van der Waals surface area contributed by atoms with Gasteiger partial charge in [-0.15, -0.1) is 0 Å². The minimum absolute atomic E-state index is 0.300. The fraction of sp³-hybridized carbons (Fsp3) is 0.895. The molecule has 0 amide bonds. The number of thioether (sulfide) groups is 2. The molecule has 0 saturated heterocycles. The molecule has 0 bridgehead atoms. The number of unbranched alkanes of at least 4 members (excludes halogenated alkanes) is 18. The van der Waals surface area contributed by atoms with Gasteiger partial charge in [-0.2, -0.15) is 33.3 Å². The zero-order valence-corrected chi connectivity index (χ0v) is 32.3. The maximum Gasteiger partial charge on any atom is 0.343 e. The van der Waals surface area contributed by atoms with Crippen molar-refractivity contribution in [1.82, 2.24) is 0 Å². The van der Waals surface area contributed by atoms with Crippen LogP contribution in [0.5, 0.6) is 0 Å². The highest BCUT2D eigenvalue weighted by Crippen LogP contribution is 2.17. The zero-order chi connectivity index (χ0) is 34.2. The Kier molecular flexibility index (Phi) is 30.8. The first kappa shape index (κ1) is 45.1. The number of hydrogen-bond acceptors (Lipinski definition) is 8. The third kappa shape index (κ3) is 33.0. The van der Waals surface area contributed by atoms with E-state index in [4.69, 9.17) is 19.6 Å².